The second kappa shape index (κ2) is 5.01. The number of rotatable bonds is 4. The van der Waals surface area contributed by atoms with E-state index in [0.29, 0.717) is 18.2 Å². The van der Waals surface area contributed by atoms with Crippen LogP contribution in [0.5, 0.6) is 5.75 Å². The van der Waals surface area contributed by atoms with Crippen molar-refractivity contribution < 1.29 is 14.3 Å². The van der Waals surface area contributed by atoms with E-state index in [1.54, 1.807) is 6.92 Å². The Morgan fingerprint density at radius 3 is 2.59 bits per heavy atom. The fourth-order valence-electron chi connectivity index (χ4n) is 1.59. The highest BCUT2D eigenvalue weighted by molar-refractivity contribution is 5.31. The van der Waals surface area contributed by atoms with Crippen molar-refractivity contribution in [1.29, 1.82) is 0 Å². The van der Waals surface area contributed by atoms with E-state index in [-0.39, 0.29) is 0 Å². The summed E-state index contributed by atoms with van der Waals surface area (Å²) in [7, 11) is 0. The Bertz CT molecular complexity index is 476. The topological polar surface area (TPSA) is 55.5 Å². The van der Waals surface area contributed by atoms with Gasteiger partial charge >= 0.3 is 0 Å². The molecule has 4 nitrogen and oxygen atoms in total. The Kier molecular flexibility index (Phi) is 3.44. The van der Waals surface area contributed by atoms with Crippen molar-refractivity contribution >= 4 is 0 Å². The first kappa shape index (κ1) is 11.7. The van der Waals surface area contributed by atoms with E-state index in [0.717, 1.165) is 11.3 Å². The lowest BCUT2D eigenvalue weighted by Crippen LogP contribution is -2.00. The van der Waals surface area contributed by atoms with Gasteiger partial charge in [-0.2, -0.15) is 0 Å². The van der Waals surface area contributed by atoms with Gasteiger partial charge in [0.2, 0.25) is 0 Å². The maximum Gasteiger partial charge on any atom is 0.191 e. The molecule has 2 aromatic rings. The van der Waals surface area contributed by atoms with Crippen LogP contribution in [-0.2, 0) is 0 Å². The van der Waals surface area contributed by atoms with Gasteiger partial charge in [-0.3, -0.25) is 0 Å². The summed E-state index contributed by atoms with van der Waals surface area (Å²) < 4.78 is 10.4. The summed E-state index contributed by atoms with van der Waals surface area (Å²) in [4.78, 5) is 4.10. The Morgan fingerprint density at radius 2 is 2.06 bits per heavy atom. The molecule has 1 aromatic carbocycles. The fourth-order valence-corrected chi connectivity index (χ4v) is 1.59. The third kappa shape index (κ3) is 2.65. The van der Waals surface area contributed by atoms with Crippen molar-refractivity contribution in [3.05, 3.63) is 47.7 Å². The predicted octanol–water partition coefficient (Wildman–Crippen LogP) is 2.46. The van der Waals surface area contributed by atoms with Gasteiger partial charge in [0.1, 0.15) is 23.8 Å². The normalized spacial score (nSPS) is 12.4. The molecule has 0 bridgehead atoms. The summed E-state index contributed by atoms with van der Waals surface area (Å²) in [6.07, 6.45) is 0.708. The average molecular weight is 233 g/mol. The van der Waals surface area contributed by atoms with Crippen molar-refractivity contribution in [2.45, 2.75) is 20.0 Å². The van der Waals surface area contributed by atoms with Crippen LogP contribution in [0.1, 0.15) is 30.2 Å². The second-order valence-electron chi connectivity index (χ2n) is 3.70. The van der Waals surface area contributed by atoms with Gasteiger partial charge in [0, 0.05) is 6.92 Å². The number of nitrogens with zero attached hydrogens (tertiary/aromatic N) is 1. The molecule has 0 aliphatic heterocycles. The number of aryl methyl sites for hydroxylation is 1. The molecular weight excluding hydrogens is 218 g/mol. The van der Waals surface area contributed by atoms with E-state index < -0.39 is 6.10 Å². The van der Waals surface area contributed by atoms with Gasteiger partial charge in [-0.05, 0) is 24.6 Å². The van der Waals surface area contributed by atoms with Crippen LogP contribution in [0.2, 0.25) is 0 Å². The standard InChI is InChI=1S/C13H15NO3/c1-3-16-11-6-4-10(5-7-11)13(15)12-8-17-9(2)14-12/h4-8,13,15H,3H2,1-2H3. The van der Waals surface area contributed by atoms with Crippen LogP contribution in [0.4, 0.5) is 0 Å². The lowest BCUT2D eigenvalue weighted by atomic mass is 10.1. The van der Waals surface area contributed by atoms with Crippen molar-refractivity contribution in [2.24, 2.45) is 0 Å². The van der Waals surface area contributed by atoms with Crippen molar-refractivity contribution in [3.63, 3.8) is 0 Å². The van der Waals surface area contributed by atoms with Crippen LogP contribution in [0.15, 0.2) is 34.9 Å². The minimum atomic E-state index is -0.761. The molecule has 90 valence electrons. The Hall–Kier alpha value is -1.81. The molecule has 17 heavy (non-hydrogen) atoms. The van der Waals surface area contributed by atoms with Crippen molar-refractivity contribution in [2.75, 3.05) is 6.61 Å². The first-order valence-corrected chi connectivity index (χ1v) is 5.53. The number of aliphatic hydroxyl groups is 1. The molecule has 0 amide bonds. The van der Waals surface area contributed by atoms with Gasteiger partial charge < -0.3 is 14.3 Å². The third-order valence-corrected chi connectivity index (χ3v) is 2.42. The van der Waals surface area contributed by atoms with Crippen LogP contribution >= 0.6 is 0 Å². The molecule has 0 saturated carbocycles. The molecule has 4 heteroatoms. The summed E-state index contributed by atoms with van der Waals surface area (Å²) in [5.74, 6) is 1.34. The van der Waals surface area contributed by atoms with E-state index in [9.17, 15) is 5.11 Å². The highest BCUT2D eigenvalue weighted by atomic mass is 16.5. The summed E-state index contributed by atoms with van der Waals surface area (Å²) in [6.45, 7) is 4.31. The van der Waals surface area contributed by atoms with Crippen LogP contribution < -0.4 is 4.74 Å². The van der Waals surface area contributed by atoms with Gasteiger partial charge in [0.25, 0.3) is 0 Å². The van der Waals surface area contributed by atoms with E-state index in [1.807, 2.05) is 31.2 Å². The lowest BCUT2D eigenvalue weighted by Gasteiger charge is -2.08. The number of hydrogen-bond donors (Lipinski definition) is 1. The zero-order valence-electron chi connectivity index (χ0n) is 9.88. The maximum absolute atomic E-state index is 10.1. The molecule has 1 unspecified atom stereocenters. The van der Waals surface area contributed by atoms with E-state index in [2.05, 4.69) is 4.98 Å². The minimum Gasteiger partial charge on any atom is -0.494 e. The molecule has 0 spiro atoms. The summed E-state index contributed by atoms with van der Waals surface area (Å²) in [5, 5.41) is 10.1. The minimum absolute atomic E-state index is 0.520. The van der Waals surface area contributed by atoms with Gasteiger partial charge in [-0.25, -0.2) is 4.98 Å². The van der Waals surface area contributed by atoms with Gasteiger partial charge in [-0.1, -0.05) is 12.1 Å². The molecule has 2 rings (SSSR count). The van der Waals surface area contributed by atoms with E-state index >= 15 is 0 Å². The Morgan fingerprint density at radius 1 is 1.35 bits per heavy atom. The average Bonchev–Trinajstić information content (AvgIpc) is 2.76. The second-order valence-corrected chi connectivity index (χ2v) is 3.70. The molecule has 1 heterocycles. The smallest absolute Gasteiger partial charge is 0.191 e. The highest BCUT2D eigenvalue weighted by Gasteiger charge is 2.14. The number of ether oxygens (including phenoxy) is 1. The molecule has 1 aromatic heterocycles. The van der Waals surface area contributed by atoms with E-state index in [1.165, 1.54) is 6.26 Å². The molecule has 1 atom stereocenters. The van der Waals surface area contributed by atoms with Gasteiger partial charge in [-0.15, -0.1) is 0 Å². The number of oxazole rings is 1. The van der Waals surface area contributed by atoms with Crippen LogP contribution in [-0.4, -0.2) is 16.7 Å². The Balaban J connectivity index is 2.16. The monoisotopic (exact) mass is 233 g/mol. The SMILES string of the molecule is CCOc1ccc(C(O)c2coc(C)n2)cc1. The molecule has 1 N–H and O–H groups in total. The molecule has 0 saturated heterocycles. The van der Waals surface area contributed by atoms with Crippen LogP contribution in [0, 0.1) is 6.92 Å². The highest BCUT2D eigenvalue weighted by Crippen LogP contribution is 2.23. The summed E-state index contributed by atoms with van der Waals surface area (Å²) in [5.41, 5.74) is 1.29. The number of benzene rings is 1. The molecular formula is C13H15NO3. The fraction of sp³-hybridized carbons (Fsp3) is 0.308. The van der Waals surface area contributed by atoms with Crippen LogP contribution in [0.25, 0.3) is 0 Å². The molecule has 0 radical (unpaired) electrons. The first-order valence-electron chi connectivity index (χ1n) is 5.53. The lowest BCUT2D eigenvalue weighted by molar-refractivity contribution is 0.215. The molecule has 0 aliphatic carbocycles. The molecule has 0 aliphatic rings. The zero-order chi connectivity index (χ0) is 12.3. The van der Waals surface area contributed by atoms with Crippen molar-refractivity contribution in [1.82, 2.24) is 4.98 Å². The first-order chi connectivity index (χ1) is 8.20. The maximum atomic E-state index is 10.1. The van der Waals surface area contributed by atoms with Crippen LogP contribution in [0.3, 0.4) is 0 Å². The summed E-state index contributed by atoms with van der Waals surface area (Å²) in [6, 6.07) is 7.29. The predicted molar refractivity (Wildman–Crippen MR) is 62.9 cm³/mol. The van der Waals surface area contributed by atoms with Gasteiger partial charge in [0.05, 0.1) is 6.61 Å². The number of hydrogen-bond acceptors (Lipinski definition) is 4. The van der Waals surface area contributed by atoms with E-state index in [4.69, 9.17) is 9.15 Å². The Labute approximate surface area is 99.9 Å². The van der Waals surface area contributed by atoms with Gasteiger partial charge in [0.15, 0.2) is 5.89 Å². The quantitative estimate of drug-likeness (QED) is 0.881. The number of aliphatic hydroxyl groups excluding tert-OH is 1. The number of aromatic nitrogens is 1. The zero-order valence-corrected chi connectivity index (χ0v) is 9.88. The third-order valence-electron chi connectivity index (χ3n) is 2.42. The summed E-state index contributed by atoms with van der Waals surface area (Å²) >= 11 is 0. The van der Waals surface area contributed by atoms with Crippen molar-refractivity contribution in [3.8, 4) is 5.75 Å². The molecule has 0 fully saturated rings. The largest absolute Gasteiger partial charge is 0.494 e.